The molecule has 0 unspecified atom stereocenters. The van der Waals surface area contributed by atoms with Crippen LogP contribution in [0.4, 0.5) is 5.69 Å². The van der Waals surface area contributed by atoms with Gasteiger partial charge in [-0.1, -0.05) is 20.8 Å². The molecule has 3 aliphatic carbocycles. The average molecular weight is 477 g/mol. The predicted octanol–water partition coefficient (Wildman–Crippen LogP) is 2.54. The number of aryl methyl sites for hydroxylation is 1. The molecule has 0 aromatic carbocycles. The molecule has 2 bridgehead atoms. The highest BCUT2D eigenvalue weighted by Gasteiger charge is 2.56. The fourth-order valence-electron chi connectivity index (χ4n) is 5.16. The summed E-state index contributed by atoms with van der Waals surface area (Å²) in [4.78, 5) is 29.1. The van der Waals surface area contributed by atoms with E-state index in [0.717, 1.165) is 18.0 Å². The van der Waals surface area contributed by atoms with Crippen molar-refractivity contribution >= 4 is 27.5 Å². The van der Waals surface area contributed by atoms with Crippen LogP contribution in [0.5, 0.6) is 0 Å². The number of fused-ring (bicyclic) bond motifs is 2. The number of nitrogens with one attached hydrogen (secondary N) is 2. The van der Waals surface area contributed by atoms with Crippen molar-refractivity contribution in [2.45, 2.75) is 52.7 Å². The van der Waals surface area contributed by atoms with Gasteiger partial charge >= 0.3 is 0 Å². The molecule has 2 aromatic rings. The highest BCUT2D eigenvalue weighted by Crippen LogP contribution is 2.61. The average Bonchev–Trinajstić information content (AvgIpc) is 3.12. The van der Waals surface area contributed by atoms with Crippen LogP contribution in [0.15, 0.2) is 28.0 Å². The van der Waals surface area contributed by atoms with E-state index in [4.69, 9.17) is 0 Å². The van der Waals surface area contributed by atoms with Crippen LogP contribution in [-0.2, 0) is 24.9 Å². The number of aromatic nitrogens is 4. The number of nitrogens with zero attached hydrogens (tertiary/aromatic N) is 4. The van der Waals surface area contributed by atoms with Crippen LogP contribution in [0, 0.1) is 23.2 Å². The number of rotatable bonds is 6. The van der Waals surface area contributed by atoms with Crippen molar-refractivity contribution in [1.82, 2.24) is 24.6 Å². The number of anilines is 1. The second-order valence-electron chi connectivity index (χ2n) is 9.35. The monoisotopic (exact) mass is 476 g/mol. The number of imidazole rings is 1. The SMILES string of the molecule is C[C@@H]1[C@H]2C[C@@H](C[C@H]1Nc1cnn(CC(=O)NCc3cn(C)cn3)c(=O)c1Br)C2(C)C. The van der Waals surface area contributed by atoms with Crippen molar-refractivity contribution in [3.63, 3.8) is 0 Å². The van der Waals surface area contributed by atoms with Crippen LogP contribution in [-0.4, -0.2) is 31.3 Å². The normalized spacial score (nSPS) is 26.7. The van der Waals surface area contributed by atoms with Crippen molar-refractivity contribution in [3.05, 3.63) is 39.2 Å². The largest absolute Gasteiger partial charge is 0.380 e. The Labute approximate surface area is 184 Å². The first-order valence-electron chi connectivity index (χ1n) is 10.4. The lowest BCUT2D eigenvalue weighted by Crippen LogP contribution is -2.58. The first-order valence-corrected chi connectivity index (χ1v) is 11.2. The lowest BCUT2D eigenvalue weighted by atomic mass is 9.45. The van der Waals surface area contributed by atoms with Gasteiger partial charge in [0.15, 0.2) is 0 Å². The summed E-state index contributed by atoms with van der Waals surface area (Å²) in [5.74, 6) is 1.69. The van der Waals surface area contributed by atoms with Gasteiger partial charge in [-0.2, -0.15) is 5.10 Å². The first kappa shape index (κ1) is 21.1. The van der Waals surface area contributed by atoms with Gasteiger partial charge < -0.3 is 15.2 Å². The van der Waals surface area contributed by atoms with E-state index in [9.17, 15) is 9.59 Å². The zero-order chi connectivity index (χ0) is 21.6. The molecular weight excluding hydrogens is 448 g/mol. The van der Waals surface area contributed by atoms with Crippen LogP contribution >= 0.6 is 15.9 Å². The second-order valence-corrected chi connectivity index (χ2v) is 10.1. The Morgan fingerprint density at radius 1 is 1.37 bits per heavy atom. The quantitative estimate of drug-likeness (QED) is 0.667. The first-order chi connectivity index (χ1) is 14.2. The van der Waals surface area contributed by atoms with Gasteiger partial charge in [-0.25, -0.2) is 9.67 Å². The standard InChI is InChI=1S/C21H29BrN6O2/c1-12-15-5-13(21(15,2)3)6-16(12)26-17-8-25-28(20(30)19(17)22)10-18(29)23-7-14-9-27(4)11-24-14/h8-9,11-13,15-16,26H,5-7,10H2,1-4H3,(H,23,29)/t12-,13+,15-,16-/m1/s1. The molecule has 5 rings (SSSR count). The van der Waals surface area contributed by atoms with E-state index in [-0.39, 0.29) is 18.0 Å². The van der Waals surface area contributed by atoms with Crippen molar-refractivity contribution in [2.75, 3.05) is 5.32 Å². The lowest BCUT2D eigenvalue weighted by Gasteiger charge is -2.62. The third-order valence-electron chi connectivity index (χ3n) is 7.20. The van der Waals surface area contributed by atoms with Gasteiger partial charge in [-0.05, 0) is 51.9 Å². The zero-order valence-corrected chi connectivity index (χ0v) is 19.4. The summed E-state index contributed by atoms with van der Waals surface area (Å²) in [5.41, 5.74) is 1.55. The van der Waals surface area contributed by atoms with Crippen molar-refractivity contribution in [2.24, 2.45) is 30.2 Å². The molecule has 4 atom stereocenters. The van der Waals surface area contributed by atoms with Gasteiger partial charge in [-0.15, -0.1) is 0 Å². The Balaban J connectivity index is 1.39. The Hall–Kier alpha value is -2.16. The van der Waals surface area contributed by atoms with Crippen LogP contribution in [0.2, 0.25) is 0 Å². The summed E-state index contributed by atoms with van der Waals surface area (Å²) in [5, 5.41) is 10.5. The van der Waals surface area contributed by atoms with E-state index in [2.05, 4.69) is 57.4 Å². The summed E-state index contributed by atoms with van der Waals surface area (Å²) < 4.78 is 3.41. The van der Waals surface area contributed by atoms with Crippen molar-refractivity contribution < 1.29 is 4.79 Å². The van der Waals surface area contributed by atoms with E-state index in [1.165, 1.54) is 11.1 Å². The fraction of sp³-hybridized carbons (Fsp3) is 0.619. The second kappa shape index (κ2) is 7.83. The van der Waals surface area contributed by atoms with E-state index in [0.29, 0.717) is 40.0 Å². The predicted molar refractivity (Wildman–Crippen MR) is 118 cm³/mol. The Kier molecular flexibility index (Phi) is 5.50. The minimum atomic E-state index is -0.318. The highest BCUT2D eigenvalue weighted by molar-refractivity contribution is 9.10. The molecule has 3 fully saturated rings. The van der Waals surface area contributed by atoms with Crippen LogP contribution in [0.25, 0.3) is 0 Å². The van der Waals surface area contributed by atoms with Crippen molar-refractivity contribution in [3.8, 4) is 0 Å². The fourth-order valence-corrected chi connectivity index (χ4v) is 5.58. The molecule has 0 aliphatic heterocycles. The molecule has 1 amide bonds. The van der Waals surface area contributed by atoms with E-state index in [1.54, 1.807) is 12.5 Å². The molecule has 2 heterocycles. The highest BCUT2D eigenvalue weighted by atomic mass is 79.9. The maximum atomic E-state index is 12.7. The lowest BCUT2D eigenvalue weighted by molar-refractivity contribution is -0.122. The van der Waals surface area contributed by atoms with Crippen LogP contribution in [0.1, 0.15) is 39.3 Å². The maximum absolute atomic E-state index is 12.7. The van der Waals surface area contributed by atoms with E-state index < -0.39 is 0 Å². The molecular formula is C21H29BrN6O2. The summed E-state index contributed by atoms with van der Waals surface area (Å²) in [7, 11) is 1.87. The number of hydrogen-bond acceptors (Lipinski definition) is 5. The molecule has 2 N–H and O–H groups in total. The third kappa shape index (κ3) is 3.79. The summed E-state index contributed by atoms with van der Waals surface area (Å²) in [6.45, 7) is 7.22. The van der Waals surface area contributed by atoms with Gasteiger partial charge in [0.1, 0.15) is 11.0 Å². The molecule has 9 heteroatoms. The van der Waals surface area contributed by atoms with Crippen LogP contribution < -0.4 is 16.2 Å². The Morgan fingerprint density at radius 3 is 2.77 bits per heavy atom. The maximum Gasteiger partial charge on any atom is 0.283 e. The summed E-state index contributed by atoms with van der Waals surface area (Å²) in [6.07, 6.45) is 7.56. The summed E-state index contributed by atoms with van der Waals surface area (Å²) in [6, 6.07) is 0.330. The smallest absolute Gasteiger partial charge is 0.283 e. The van der Waals surface area contributed by atoms with Gasteiger partial charge in [0, 0.05) is 19.3 Å². The minimum Gasteiger partial charge on any atom is -0.380 e. The molecule has 8 nitrogen and oxygen atoms in total. The molecule has 3 saturated carbocycles. The summed E-state index contributed by atoms with van der Waals surface area (Å²) >= 11 is 3.41. The van der Waals surface area contributed by atoms with Gasteiger partial charge in [0.2, 0.25) is 5.91 Å². The molecule has 30 heavy (non-hydrogen) atoms. The number of carbonyl (C=O) groups excluding carboxylic acids is 1. The Morgan fingerprint density at radius 2 is 2.13 bits per heavy atom. The molecule has 0 radical (unpaired) electrons. The number of hydrogen-bond donors (Lipinski definition) is 2. The Bertz CT molecular complexity index is 1010. The molecule has 3 aliphatic rings. The minimum absolute atomic E-state index is 0.136. The van der Waals surface area contributed by atoms with E-state index in [1.807, 2.05) is 17.8 Å². The number of carbonyl (C=O) groups is 1. The molecule has 162 valence electrons. The zero-order valence-electron chi connectivity index (χ0n) is 17.9. The molecule has 0 saturated heterocycles. The van der Waals surface area contributed by atoms with Crippen molar-refractivity contribution in [1.29, 1.82) is 0 Å². The number of amides is 1. The van der Waals surface area contributed by atoms with Gasteiger partial charge in [0.05, 0.1) is 30.5 Å². The number of halogens is 1. The molecule has 0 spiro atoms. The third-order valence-corrected chi connectivity index (χ3v) is 7.96. The molecule has 2 aromatic heterocycles. The van der Waals surface area contributed by atoms with Crippen LogP contribution in [0.3, 0.4) is 0 Å². The van der Waals surface area contributed by atoms with Gasteiger partial charge in [-0.3, -0.25) is 9.59 Å². The van der Waals surface area contributed by atoms with E-state index >= 15 is 0 Å². The topological polar surface area (TPSA) is 93.8 Å². The van der Waals surface area contributed by atoms with Gasteiger partial charge in [0.25, 0.3) is 5.56 Å².